The van der Waals surface area contributed by atoms with Gasteiger partial charge in [-0.1, -0.05) is 63.6 Å². The van der Waals surface area contributed by atoms with Crippen molar-refractivity contribution >= 4 is 62.8 Å². The minimum Gasteiger partial charge on any atom is -0.493 e. The van der Waals surface area contributed by atoms with Gasteiger partial charge in [-0.25, -0.2) is 10.4 Å². The van der Waals surface area contributed by atoms with Crippen molar-refractivity contribution < 1.29 is 14.3 Å². The van der Waals surface area contributed by atoms with Gasteiger partial charge in [-0.15, -0.1) is 11.3 Å². The van der Waals surface area contributed by atoms with Crippen molar-refractivity contribution in [2.24, 2.45) is 5.10 Å². The summed E-state index contributed by atoms with van der Waals surface area (Å²) in [5, 5.41) is 6.69. The summed E-state index contributed by atoms with van der Waals surface area (Å²) in [6.45, 7) is 0.422. The summed E-state index contributed by atoms with van der Waals surface area (Å²) in [6.07, 6.45) is 1.56. The maximum atomic E-state index is 12.2. The molecule has 1 amide bonds. The van der Waals surface area contributed by atoms with E-state index in [1.807, 2.05) is 66.0 Å². The molecule has 0 saturated carbocycles. The molecule has 0 aliphatic rings. The third-order valence-electron chi connectivity index (χ3n) is 4.85. The number of halogens is 2. The van der Waals surface area contributed by atoms with Crippen molar-refractivity contribution in [2.75, 3.05) is 12.9 Å². The second-order valence-corrected chi connectivity index (χ2v) is 10.8. The topological polar surface area (TPSA) is 72.8 Å². The molecule has 184 valence electrons. The molecule has 0 saturated heterocycles. The summed E-state index contributed by atoms with van der Waals surface area (Å²) < 4.78 is 13.2. The van der Waals surface area contributed by atoms with Crippen LogP contribution in [0.5, 0.6) is 11.5 Å². The van der Waals surface area contributed by atoms with Crippen LogP contribution in [0.2, 0.25) is 5.02 Å². The molecule has 0 fully saturated rings. The fourth-order valence-corrected chi connectivity index (χ4v) is 5.06. The fraction of sp³-hybridized carbons (Fsp3) is 0.115. The van der Waals surface area contributed by atoms with Crippen LogP contribution in [0.15, 0.2) is 86.0 Å². The van der Waals surface area contributed by atoms with Crippen molar-refractivity contribution in [3.8, 4) is 22.8 Å². The van der Waals surface area contributed by atoms with Gasteiger partial charge in [-0.05, 0) is 53.6 Å². The van der Waals surface area contributed by atoms with Gasteiger partial charge in [0.1, 0.15) is 6.61 Å². The summed E-state index contributed by atoms with van der Waals surface area (Å²) in [5.74, 6) is 1.19. The summed E-state index contributed by atoms with van der Waals surface area (Å²) in [5.41, 5.74) is 6.20. The van der Waals surface area contributed by atoms with Crippen molar-refractivity contribution in [3.05, 3.63) is 92.7 Å². The predicted molar refractivity (Wildman–Crippen MR) is 150 cm³/mol. The van der Waals surface area contributed by atoms with Crippen LogP contribution in [-0.2, 0) is 11.4 Å². The maximum absolute atomic E-state index is 12.2. The van der Waals surface area contributed by atoms with Crippen molar-refractivity contribution in [1.29, 1.82) is 0 Å². The highest BCUT2D eigenvalue weighted by molar-refractivity contribution is 9.10. The van der Waals surface area contributed by atoms with E-state index in [-0.39, 0.29) is 11.7 Å². The molecule has 3 aromatic carbocycles. The van der Waals surface area contributed by atoms with Crippen LogP contribution in [0.4, 0.5) is 0 Å². The minimum absolute atomic E-state index is 0.205. The van der Waals surface area contributed by atoms with Crippen LogP contribution in [0, 0.1) is 0 Å². The summed E-state index contributed by atoms with van der Waals surface area (Å²) in [4.78, 5) is 16.8. The number of hydrogen-bond donors (Lipinski definition) is 1. The number of benzene rings is 3. The molecule has 0 aliphatic heterocycles. The molecule has 36 heavy (non-hydrogen) atoms. The lowest BCUT2D eigenvalue weighted by molar-refractivity contribution is -0.118. The number of carbonyl (C=O) groups excluding carboxylic acids is 1. The predicted octanol–water partition coefficient (Wildman–Crippen LogP) is 7.06. The van der Waals surface area contributed by atoms with Gasteiger partial charge in [-0.3, -0.25) is 4.79 Å². The zero-order chi connectivity index (χ0) is 25.3. The zero-order valence-electron chi connectivity index (χ0n) is 19.1. The number of nitrogens with zero attached hydrogens (tertiary/aromatic N) is 2. The Morgan fingerprint density at radius 1 is 1.14 bits per heavy atom. The van der Waals surface area contributed by atoms with Crippen LogP contribution < -0.4 is 14.9 Å². The molecule has 0 aliphatic carbocycles. The van der Waals surface area contributed by atoms with Gasteiger partial charge in [0.05, 0.1) is 24.8 Å². The number of rotatable bonds is 10. The maximum Gasteiger partial charge on any atom is 0.250 e. The summed E-state index contributed by atoms with van der Waals surface area (Å²) in [6, 6.07) is 20.9. The third-order valence-corrected chi connectivity index (χ3v) is 7.65. The second kappa shape index (κ2) is 12.9. The SMILES string of the molecule is COc1cc(/C=N/NC(=O)CSc2nc(-c3ccc(Cl)cc3)cs2)ccc1OCc1ccc(Br)cc1. The zero-order valence-corrected chi connectivity index (χ0v) is 23.1. The quantitative estimate of drug-likeness (QED) is 0.120. The molecule has 4 rings (SSSR count). The van der Waals surface area contributed by atoms with Gasteiger partial charge < -0.3 is 9.47 Å². The minimum atomic E-state index is -0.221. The lowest BCUT2D eigenvalue weighted by Gasteiger charge is -2.11. The van der Waals surface area contributed by atoms with Gasteiger partial charge in [0.15, 0.2) is 15.8 Å². The molecule has 1 aromatic heterocycles. The number of ether oxygens (including phenoxy) is 2. The molecule has 6 nitrogen and oxygen atoms in total. The van der Waals surface area contributed by atoms with Gasteiger partial charge >= 0.3 is 0 Å². The van der Waals surface area contributed by atoms with E-state index in [4.69, 9.17) is 21.1 Å². The molecule has 0 radical (unpaired) electrons. The molecule has 0 spiro atoms. The number of carbonyl (C=O) groups is 1. The Bertz CT molecular complexity index is 1350. The van der Waals surface area contributed by atoms with Crippen LogP contribution >= 0.6 is 50.6 Å². The highest BCUT2D eigenvalue weighted by Gasteiger charge is 2.09. The van der Waals surface area contributed by atoms with Crippen molar-refractivity contribution in [1.82, 2.24) is 10.4 Å². The van der Waals surface area contributed by atoms with Gasteiger partial charge in [0.2, 0.25) is 0 Å². The number of thiazole rings is 1. The van der Waals surface area contributed by atoms with E-state index in [1.54, 1.807) is 19.4 Å². The van der Waals surface area contributed by atoms with Crippen LogP contribution in [-0.4, -0.2) is 30.0 Å². The van der Waals surface area contributed by atoms with E-state index in [9.17, 15) is 4.79 Å². The Morgan fingerprint density at radius 2 is 1.92 bits per heavy atom. The molecule has 0 atom stereocenters. The standard InChI is InChI=1S/C26H21BrClN3O3S2/c1-33-24-12-18(4-11-23(24)34-14-17-2-7-20(27)8-3-17)13-29-31-25(32)16-36-26-30-22(15-35-26)19-5-9-21(28)10-6-19/h2-13,15H,14,16H2,1H3,(H,31,32)/b29-13+. The van der Waals surface area contributed by atoms with E-state index < -0.39 is 0 Å². The fourth-order valence-electron chi connectivity index (χ4n) is 3.04. The van der Waals surface area contributed by atoms with E-state index in [0.29, 0.717) is 23.1 Å². The second-order valence-electron chi connectivity index (χ2n) is 7.41. The van der Waals surface area contributed by atoms with Crippen molar-refractivity contribution in [3.63, 3.8) is 0 Å². The number of hydrazone groups is 1. The highest BCUT2D eigenvalue weighted by atomic mass is 79.9. The first-order valence-corrected chi connectivity index (χ1v) is 13.8. The Hall–Kier alpha value is -2.85. The van der Waals surface area contributed by atoms with Crippen LogP contribution in [0.25, 0.3) is 11.3 Å². The number of aromatic nitrogens is 1. The smallest absolute Gasteiger partial charge is 0.250 e. The Balaban J connectivity index is 1.26. The molecular weight excluding hydrogens is 582 g/mol. The summed E-state index contributed by atoms with van der Waals surface area (Å²) >= 11 is 12.2. The molecule has 0 unspecified atom stereocenters. The van der Waals surface area contributed by atoms with E-state index in [0.717, 1.165) is 31.2 Å². The Morgan fingerprint density at radius 3 is 2.67 bits per heavy atom. The van der Waals surface area contributed by atoms with E-state index in [2.05, 4.69) is 31.4 Å². The molecule has 4 aromatic rings. The van der Waals surface area contributed by atoms with Gasteiger partial charge in [-0.2, -0.15) is 5.10 Å². The van der Waals surface area contributed by atoms with Crippen LogP contribution in [0.3, 0.4) is 0 Å². The number of hydrogen-bond acceptors (Lipinski definition) is 7. The third kappa shape index (κ3) is 7.57. The number of amides is 1. The molecular formula is C26H21BrClN3O3S2. The lowest BCUT2D eigenvalue weighted by atomic mass is 10.2. The van der Waals surface area contributed by atoms with E-state index >= 15 is 0 Å². The number of thioether (sulfide) groups is 1. The molecule has 1 N–H and O–H groups in total. The lowest BCUT2D eigenvalue weighted by Crippen LogP contribution is -2.19. The highest BCUT2D eigenvalue weighted by Crippen LogP contribution is 2.30. The first-order chi connectivity index (χ1) is 17.5. The largest absolute Gasteiger partial charge is 0.493 e. The average Bonchev–Trinajstić information content (AvgIpc) is 3.37. The van der Waals surface area contributed by atoms with E-state index in [1.165, 1.54) is 23.1 Å². The van der Waals surface area contributed by atoms with Crippen molar-refractivity contribution in [2.45, 2.75) is 10.9 Å². The average molecular weight is 603 g/mol. The Labute approximate surface area is 230 Å². The number of methoxy groups -OCH3 is 1. The number of nitrogens with one attached hydrogen (secondary N) is 1. The molecule has 0 bridgehead atoms. The monoisotopic (exact) mass is 601 g/mol. The summed E-state index contributed by atoms with van der Waals surface area (Å²) in [7, 11) is 1.58. The van der Waals surface area contributed by atoms with Crippen LogP contribution in [0.1, 0.15) is 11.1 Å². The first kappa shape index (κ1) is 26.2. The molecule has 1 heterocycles. The first-order valence-electron chi connectivity index (χ1n) is 10.7. The van der Waals surface area contributed by atoms with Gasteiger partial charge in [0.25, 0.3) is 5.91 Å². The molecule has 10 heteroatoms. The van der Waals surface area contributed by atoms with Gasteiger partial charge in [0, 0.05) is 20.4 Å². The Kier molecular flexibility index (Phi) is 9.41. The normalized spacial score (nSPS) is 11.0.